The number of para-hydroxylation sites is 1. The lowest BCUT2D eigenvalue weighted by Gasteiger charge is -2.28. The largest absolute Gasteiger partial charge is 0.366 e. The topological polar surface area (TPSA) is 49.0 Å². The highest BCUT2D eigenvalue weighted by Crippen LogP contribution is 2.28. The van der Waals surface area contributed by atoms with Gasteiger partial charge in [-0.05, 0) is 43.2 Å². The van der Waals surface area contributed by atoms with Crippen LogP contribution in [0.1, 0.15) is 70.9 Å². The van der Waals surface area contributed by atoms with Crippen molar-refractivity contribution in [1.82, 2.24) is 15.6 Å². The first kappa shape index (κ1) is 25.4. The number of benzene rings is 1. The summed E-state index contributed by atoms with van der Waals surface area (Å²) in [5.74, 6) is 0. The van der Waals surface area contributed by atoms with Gasteiger partial charge in [0.2, 0.25) is 0 Å². The van der Waals surface area contributed by atoms with E-state index in [1.165, 1.54) is 24.8 Å². The lowest BCUT2D eigenvalue weighted by atomic mass is 10.0. The molecule has 0 radical (unpaired) electrons. The fraction of sp³-hybridized carbons (Fsp3) is 0.393. The minimum atomic E-state index is 0.0242. The third kappa shape index (κ3) is 8.72. The normalized spacial score (nSPS) is 14.9. The number of hydrogen-bond donors (Lipinski definition) is 3. The van der Waals surface area contributed by atoms with Crippen molar-refractivity contribution in [2.24, 2.45) is 0 Å². The van der Waals surface area contributed by atoms with E-state index in [1.807, 2.05) is 18.3 Å². The predicted octanol–water partition coefficient (Wildman–Crippen LogP) is 7.01. The van der Waals surface area contributed by atoms with E-state index in [0.717, 1.165) is 47.6 Å². The lowest BCUT2D eigenvalue weighted by molar-refractivity contribution is 0.638. The maximum atomic E-state index is 4.19. The van der Waals surface area contributed by atoms with E-state index in [0.29, 0.717) is 0 Å². The average Bonchev–Trinajstić information content (AvgIpc) is 2.79. The van der Waals surface area contributed by atoms with E-state index in [4.69, 9.17) is 0 Å². The molecule has 0 amide bonds. The monoisotopic (exact) mass is 432 g/mol. The second-order valence-electron chi connectivity index (χ2n) is 8.23. The summed E-state index contributed by atoms with van der Waals surface area (Å²) < 4.78 is 0. The zero-order valence-corrected chi connectivity index (χ0v) is 20.2. The first-order valence-corrected chi connectivity index (χ1v) is 11.9. The van der Waals surface area contributed by atoms with Gasteiger partial charge in [-0.25, -0.2) is 0 Å². The summed E-state index contributed by atoms with van der Waals surface area (Å²) in [6.45, 7) is 13.7. The lowest BCUT2D eigenvalue weighted by Crippen LogP contribution is -2.37. The van der Waals surface area contributed by atoms with Gasteiger partial charge in [0.15, 0.2) is 0 Å². The van der Waals surface area contributed by atoms with Gasteiger partial charge in [0.25, 0.3) is 0 Å². The molecule has 32 heavy (non-hydrogen) atoms. The van der Waals surface area contributed by atoms with Crippen molar-refractivity contribution < 1.29 is 0 Å². The number of anilines is 1. The Morgan fingerprint density at radius 3 is 2.53 bits per heavy atom. The van der Waals surface area contributed by atoms with Crippen molar-refractivity contribution in [3.05, 3.63) is 89.9 Å². The average molecular weight is 433 g/mol. The van der Waals surface area contributed by atoms with Crippen molar-refractivity contribution in [2.75, 3.05) is 5.32 Å². The number of nitrogens with one attached hydrogen (secondary N) is 3. The molecule has 172 valence electrons. The van der Waals surface area contributed by atoms with E-state index in [1.54, 1.807) is 6.20 Å². The van der Waals surface area contributed by atoms with Crippen LogP contribution < -0.4 is 16.0 Å². The molecule has 4 nitrogen and oxygen atoms in total. The third-order valence-corrected chi connectivity index (χ3v) is 5.18. The van der Waals surface area contributed by atoms with Crippen molar-refractivity contribution in [1.29, 1.82) is 0 Å². The highest BCUT2D eigenvalue weighted by molar-refractivity contribution is 5.79. The minimum Gasteiger partial charge on any atom is -0.366 e. The van der Waals surface area contributed by atoms with Crippen molar-refractivity contribution >= 4 is 11.4 Å². The smallest absolute Gasteiger partial charge is 0.0986 e. The highest BCUT2D eigenvalue weighted by Gasteiger charge is 2.18. The van der Waals surface area contributed by atoms with Gasteiger partial charge in [-0.3, -0.25) is 10.3 Å². The molecule has 3 N–H and O–H groups in total. The fourth-order valence-electron chi connectivity index (χ4n) is 3.59. The molecule has 0 saturated carbocycles. The Morgan fingerprint density at radius 1 is 1.09 bits per heavy atom. The van der Waals surface area contributed by atoms with Gasteiger partial charge in [0.1, 0.15) is 0 Å². The molecule has 1 unspecified atom stereocenters. The van der Waals surface area contributed by atoms with E-state index >= 15 is 0 Å². The number of aromatic nitrogens is 1. The molecule has 0 aliphatic carbocycles. The molecule has 0 bridgehead atoms. The second kappa shape index (κ2) is 14.3. The van der Waals surface area contributed by atoms with Crippen LogP contribution in [-0.2, 0) is 6.54 Å². The number of hydrogen-bond acceptors (Lipinski definition) is 4. The Balaban J connectivity index is 0.000000654. The van der Waals surface area contributed by atoms with Crippen molar-refractivity contribution in [3.63, 3.8) is 0 Å². The Labute approximate surface area is 194 Å². The van der Waals surface area contributed by atoms with Gasteiger partial charge in [-0.2, -0.15) is 0 Å². The molecule has 1 aromatic heterocycles. The van der Waals surface area contributed by atoms with Crippen LogP contribution in [0, 0.1) is 0 Å². The zero-order chi connectivity index (χ0) is 23.2. The van der Waals surface area contributed by atoms with Crippen LogP contribution in [0.4, 0.5) is 5.69 Å². The SMILES string of the molecule is C=C(/C=C(\C)CCC)NC1=CC(NCc2cccnc2)Nc2ccccc21.CCCCC. The molecule has 2 aromatic rings. The third-order valence-electron chi connectivity index (χ3n) is 5.18. The van der Waals surface area contributed by atoms with Gasteiger partial charge in [0, 0.05) is 41.6 Å². The van der Waals surface area contributed by atoms with Crippen LogP contribution >= 0.6 is 0 Å². The minimum absolute atomic E-state index is 0.0242. The summed E-state index contributed by atoms with van der Waals surface area (Å²) in [6, 6.07) is 12.4. The number of allylic oxidation sites excluding steroid dienone is 2. The van der Waals surface area contributed by atoms with Gasteiger partial charge in [-0.15, -0.1) is 0 Å². The fourth-order valence-corrected chi connectivity index (χ4v) is 3.59. The van der Waals surface area contributed by atoms with E-state index in [9.17, 15) is 0 Å². The summed E-state index contributed by atoms with van der Waals surface area (Å²) in [7, 11) is 0. The predicted molar refractivity (Wildman–Crippen MR) is 139 cm³/mol. The maximum Gasteiger partial charge on any atom is 0.0986 e. The van der Waals surface area contributed by atoms with E-state index in [2.05, 4.69) is 91.6 Å². The van der Waals surface area contributed by atoms with Crippen molar-refractivity contribution in [2.45, 2.75) is 72.5 Å². The maximum absolute atomic E-state index is 4.19. The number of fused-ring (bicyclic) bond motifs is 1. The summed E-state index contributed by atoms with van der Waals surface area (Å²) in [5, 5.41) is 10.6. The van der Waals surface area contributed by atoms with Crippen LogP contribution in [0.15, 0.2) is 78.8 Å². The molecule has 0 saturated heterocycles. The second-order valence-corrected chi connectivity index (χ2v) is 8.23. The molecule has 1 aliphatic rings. The van der Waals surface area contributed by atoms with Crippen molar-refractivity contribution in [3.8, 4) is 0 Å². The molecule has 0 spiro atoms. The van der Waals surface area contributed by atoms with Crippen LogP contribution in [0.3, 0.4) is 0 Å². The molecule has 1 aliphatic heterocycles. The van der Waals surface area contributed by atoms with Gasteiger partial charge in [-0.1, -0.05) is 82.9 Å². The summed E-state index contributed by atoms with van der Waals surface area (Å²) in [5.41, 5.74) is 6.73. The molecule has 1 aromatic carbocycles. The summed E-state index contributed by atoms with van der Waals surface area (Å²) in [6.07, 6.45) is 14.3. The van der Waals surface area contributed by atoms with E-state index in [-0.39, 0.29) is 6.17 Å². The Morgan fingerprint density at radius 2 is 1.88 bits per heavy atom. The van der Waals surface area contributed by atoms with Crippen LogP contribution in [-0.4, -0.2) is 11.1 Å². The molecular formula is C28H40N4. The van der Waals surface area contributed by atoms with E-state index < -0.39 is 0 Å². The molecule has 2 heterocycles. The number of rotatable bonds is 10. The van der Waals surface area contributed by atoms with Gasteiger partial charge < -0.3 is 10.6 Å². The molecular weight excluding hydrogens is 392 g/mol. The number of pyridine rings is 1. The highest BCUT2D eigenvalue weighted by atomic mass is 15.1. The Kier molecular flexibility index (Phi) is 11.3. The molecule has 0 fully saturated rings. The molecule has 1 atom stereocenters. The standard InChI is InChI=1S/C23H28N4.C5H12/c1-4-8-17(2)13-18(3)26-22-14-23(25-16-19-9-7-12-24-15-19)27-21-11-6-5-10-20(21)22;1-3-5-4-2/h5-7,9-15,23,25-27H,3-4,8,16H2,1-2H3;3-5H2,1-2H3/b17-13+;. The Hall–Kier alpha value is -2.85. The first-order chi connectivity index (χ1) is 15.6. The number of unbranched alkanes of at least 4 members (excludes halogenated alkanes) is 2. The Bertz CT molecular complexity index is 881. The van der Waals surface area contributed by atoms with Crippen LogP contribution in [0.5, 0.6) is 0 Å². The first-order valence-electron chi connectivity index (χ1n) is 11.9. The molecule has 4 heteroatoms. The van der Waals surface area contributed by atoms with Gasteiger partial charge >= 0.3 is 0 Å². The van der Waals surface area contributed by atoms with Gasteiger partial charge in [0.05, 0.1) is 6.17 Å². The zero-order valence-electron chi connectivity index (χ0n) is 20.2. The summed E-state index contributed by atoms with van der Waals surface area (Å²) in [4.78, 5) is 4.18. The van der Waals surface area contributed by atoms with Crippen LogP contribution in [0.2, 0.25) is 0 Å². The van der Waals surface area contributed by atoms with Crippen LogP contribution in [0.25, 0.3) is 5.70 Å². The molecule has 3 rings (SSSR count). The number of nitrogens with zero attached hydrogens (tertiary/aromatic N) is 1. The summed E-state index contributed by atoms with van der Waals surface area (Å²) >= 11 is 0. The quantitative estimate of drug-likeness (QED) is 0.353.